The second-order valence-corrected chi connectivity index (χ2v) is 5.71. The molecule has 2 heterocycles. The third-order valence-electron chi connectivity index (χ3n) is 2.97. The molecule has 0 aliphatic carbocycles. The normalized spacial score (nSPS) is 12.6. The van der Waals surface area contributed by atoms with Crippen molar-refractivity contribution < 1.29 is 4.74 Å². The van der Waals surface area contributed by atoms with Crippen LogP contribution in [0.15, 0.2) is 23.7 Å². The molecule has 2 aromatic rings. The van der Waals surface area contributed by atoms with Crippen molar-refractivity contribution in [2.45, 2.75) is 26.3 Å². The Labute approximate surface area is 118 Å². The second kappa shape index (κ2) is 6.73. The minimum atomic E-state index is 0.287. The van der Waals surface area contributed by atoms with Crippen molar-refractivity contribution >= 4 is 17.3 Å². The number of anilines is 1. The highest BCUT2D eigenvalue weighted by Crippen LogP contribution is 2.16. The summed E-state index contributed by atoms with van der Waals surface area (Å²) in [6, 6.07) is 4.54. The fraction of sp³-hybridized carbons (Fsp3) is 0.500. The van der Waals surface area contributed by atoms with Crippen LogP contribution < -0.4 is 5.32 Å². The number of aryl methyl sites for hydroxylation is 1. The number of imidazole rings is 1. The maximum Gasteiger partial charge on any atom is 0.203 e. The zero-order valence-electron chi connectivity index (χ0n) is 11.7. The number of rotatable bonds is 7. The van der Waals surface area contributed by atoms with Crippen molar-refractivity contribution in [1.29, 1.82) is 0 Å². The van der Waals surface area contributed by atoms with Gasteiger partial charge in [0.15, 0.2) is 0 Å². The highest BCUT2D eigenvalue weighted by atomic mass is 32.1. The van der Waals surface area contributed by atoms with Crippen molar-refractivity contribution in [2.24, 2.45) is 0 Å². The first-order chi connectivity index (χ1) is 9.20. The highest BCUT2D eigenvalue weighted by molar-refractivity contribution is 7.09. The fourth-order valence-corrected chi connectivity index (χ4v) is 2.77. The summed E-state index contributed by atoms with van der Waals surface area (Å²) in [6.07, 6.45) is 3.10. The number of hydrogen-bond acceptors (Lipinski definition) is 4. The summed E-state index contributed by atoms with van der Waals surface area (Å²) in [5.74, 6) is 0.929. The molecule has 0 spiro atoms. The van der Waals surface area contributed by atoms with Gasteiger partial charge in [-0.25, -0.2) is 4.98 Å². The van der Waals surface area contributed by atoms with E-state index in [-0.39, 0.29) is 6.04 Å². The minimum Gasteiger partial charge on any atom is -0.383 e. The van der Waals surface area contributed by atoms with Crippen molar-refractivity contribution in [3.05, 3.63) is 34.3 Å². The van der Waals surface area contributed by atoms with Crippen molar-refractivity contribution in [3.8, 4) is 0 Å². The zero-order chi connectivity index (χ0) is 13.7. The van der Waals surface area contributed by atoms with E-state index in [9.17, 15) is 0 Å². The topological polar surface area (TPSA) is 39.1 Å². The number of nitrogens with zero attached hydrogens (tertiary/aromatic N) is 2. The summed E-state index contributed by atoms with van der Waals surface area (Å²) in [6.45, 7) is 5.74. The van der Waals surface area contributed by atoms with Crippen LogP contribution >= 0.6 is 11.3 Å². The molecule has 4 nitrogen and oxygen atoms in total. The van der Waals surface area contributed by atoms with E-state index < -0.39 is 0 Å². The van der Waals surface area contributed by atoms with Crippen molar-refractivity contribution in [3.63, 3.8) is 0 Å². The zero-order valence-corrected chi connectivity index (χ0v) is 12.5. The summed E-state index contributed by atoms with van der Waals surface area (Å²) in [5, 5.41) is 5.53. The number of ether oxygens (including phenoxy) is 1. The summed E-state index contributed by atoms with van der Waals surface area (Å²) < 4.78 is 7.36. The van der Waals surface area contributed by atoms with Gasteiger partial charge in [-0.15, -0.1) is 11.3 Å². The van der Waals surface area contributed by atoms with E-state index in [4.69, 9.17) is 4.74 Å². The van der Waals surface area contributed by atoms with Crippen LogP contribution in [0.3, 0.4) is 0 Å². The second-order valence-electron chi connectivity index (χ2n) is 4.67. The molecule has 0 aliphatic heterocycles. The molecule has 2 rings (SSSR count). The SMILES string of the molecule is COCC(C)n1cc(C)nc1NCCc1cccs1. The van der Waals surface area contributed by atoms with Gasteiger partial charge < -0.3 is 14.6 Å². The molecule has 0 saturated heterocycles. The molecule has 0 aliphatic rings. The molecular formula is C14H21N3OS. The van der Waals surface area contributed by atoms with Crippen LogP contribution in [-0.2, 0) is 11.2 Å². The molecular weight excluding hydrogens is 258 g/mol. The summed E-state index contributed by atoms with van der Waals surface area (Å²) in [5.41, 5.74) is 1.03. The monoisotopic (exact) mass is 279 g/mol. The summed E-state index contributed by atoms with van der Waals surface area (Å²) >= 11 is 1.79. The Morgan fingerprint density at radius 1 is 1.53 bits per heavy atom. The van der Waals surface area contributed by atoms with Gasteiger partial charge in [-0.3, -0.25) is 0 Å². The Morgan fingerprint density at radius 2 is 2.37 bits per heavy atom. The molecule has 0 bridgehead atoms. The van der Waals surface area contributed by atoms with Crippen LogP contribution in [0.5, 0.6) is 0 Å². The maximum absolute atomic E-state index is 5.21. The van der Waals surface area contributed by atoms with Crippen LogP contribution in [0.2, 0.25) is 0 Å². The summed E-state index contributed by atoms with van der Waals surface area (Å²) in [7, 11) is 1.73. The first-order valence-electron chi connectivity index (χ1n) is 6.51. The van der Waals surface area contributed by atoms with Gasteiger partial charge in [0.1, 0.15) is 0 Å². The van der Waals surface area contributed by atoms with Crippen LogP contribution in [0.4, 0.5) is 5.95 Å². The molecule has 0 fully saturated rings. The molecule has 1 N–H and O–H groups in total. The number of aromatic nitrogens is 2. The Balaban J connectivity index is 1.95. The molecule has 1 atom stereocenters. The molecule has 0 amide bonds. The Hall–Kier alpha value is -1.33. The maximum atomic E-state index is 5.21. The molecule has 104 valence electrons. The number of nitrogens with one attached hydrogen (secondary N) is 1. The third kappa shape index (κ3) is 3.81. The van der Waals surface area contributed by atoms with Gasteiger partial charge >= 0.3 is 0 Å². The van der Waals surface area contributed by atoms with E-state index in [2.05, 4.69) is 45.5 Å². The number of thiophene rings is 1. The largest absolute Gasteiger partial charge is 0.383 e. The lowest BCUT2D eigenvalue weighted by Gasteiger charge is -2.15. The molecule has 0 saturated carbocycles. The summed E-state index contributed by atoms with van der Waals surface area (Å²) in [4.78, 5) is 5.93. The van der Waals surface area contributed by atoms with Gasteiger partial charge in [0, 0.05) is 24.7 Å². The van der Waals surface area contributed by atoms with E-state index in [1.165, 1.54) is 4.88 Å². The van der Waals surface area contributed by atoms with E-state index in [1.54, 1.807) is 18.4 Å². The average Bonchev–Trinajstić information content (AvgIpc) is 2.99. The van der Waals surface area contributed by atoms with E-state index in [0.29, 0.717) is 6.61 Å². The van der Waals surface area contributed by atoms with Gasteiger partial charge in [0.2, 0.25) is 5.95 Å². The molecule has 0 radical (unpaired) electrons. The van der Waals surface area contributed by atoms with Gasteiger partial charge in [-0.1, -0.05) is 6.07 Å². The van der Waals surface area contributed by atoms with Gasteiger partial charge in [0.05, 0.1) is 18.3 Å². The quantitative estimate of drug-likeness (QED) is 0.846. The first-order valence-corrected chi connectivity index (χ1v) is 7.39. The third-order valence-corrected chi connectivity index (χ3v) is 3.91. The molecule has 19 heavy (non-hydrogen) atoms. The van der Waals surface area contributed by atoms with E-state index in [1.807, 2.05) is 6.92 Å². The predicted molar refractivity (Wildman–Crippen MR) is 80.1 cm³/mol. The minimum absolute atomic E-state index is 0.287. The highest BCUT2D eigenvalue weighted by Gasteiger charge is 2.11. The van der Waals surface area contributed by atoms with Crippen LogP contribution in [0.1, 0.15) is 23.5 Å². The van der Waals surface area contributed by atoms with E-state index in [0.717, 1.165) is 24.6 Å². The lowest BCUT2D eigenvalue weighted by Crippen LogP contribution is -2.15. The molecule has 1 unspecified atom stereocenters. The molecule has 0 aromatic carbocycles. The lowest BCUT2D eigenvalue weighted by atomic mass is 10.3. The molecule has 2 aromatic heterocycles. The Morgan fingerprint density at radius 3 is 3.05 bits per heavy atom. The van der Waals surface area contributed by atoms with E-state index >= 15 is 0 Å². The lowest BCUT2D eigenvalue weighted by molar-refractivity contribution is 0.163. The fourth-order valence-electron chi connectivity index (χ4n) is 2.06. The predicted octanol–water partition coefficient (Wildman–Crippen LogP) is 3.12. The van der Waals surface area contributed by atoms with Crippen LogP contribution in [-0.4, -0.2) is 29.8 Å². The van der Waals surface area contributed by atoms with Crippen molar-refractivity contribution in [2.75, 3.05) is 25.6 Å². The van der Waals surface area contributed by atoms with Crippen molar-refractivity contribution in [1.82, 2.24) is 9.55 Å². The van der Waals surface area contributed by atoms with Gasteiger partial charge in [-0.2, -0.15) is 0 Å². The van der Waals surface area contributed by atoms with Gasteiger partial charge in [-0.05, 0) is 31.7 Å². The number of hydrogen-bond donors (Lipinski definition) is 1. The number of methoxy groups -OCH3 is 1. The van der Waals surface area contributed by atoms with Crippen LogP contribution in [0.25, 0.3) is 0 Å². The standard InChI is InChI=1S/C14H21N3OS/c1-11-9-17(12(2)10-18-3)14(16-11)15-7-6-13-5-4-8-19-13/h4-5,8-9,12H,6-7,10H2,1-3H3,(H,15,16). The Kier molecular flexibility index (Phi) is 4.99. The first kappa shape index (κ1) is 14.1. The molecule has 5 heteroatoms. The van der Waals surface area contributed by atoms with Crippen LogP contribution in [0, 0.1) is 6.92 Å². The smallest absolute Gasteiger partial charge is 0.203 e. The Bertz CT molecular complexity index is 493. The average molecular weight is 279 g/mol. The van der Waals surface area contributed by atoms with Gasteiger partial charge in [0.25, 0.3) is 0 Å².